The SMILES string of the molecule is CNC(C)(C)/C(C)=N/O. The summed E-state index contributed by atoms with van der Waals surface area (Å²) in [6.07, 6.45) is 0. The lowest BCUT2D eigenvalue weighted by molar-refractivity contribution is 0.311. The fraction of sp³-hybridized carbons (Fsp3) is 0.833. The summed E-state index contributed by atoms with van der Waals surface area (Å²) in [6, 6.07) is 0. The van der Waals surface area contributed by atoms with Gasteiger partial charge in [-0.1, -0.05) is 5.16 Å². The average Bonchev–Trinajstić information content (AvgIpc) is 1.86. The summed E-state index contributed by atoms with van der Waals surface area (Å²) in [7, 11) is 1.83. The standard InChI is InChI=1S/C6H14N2O/c1-5(8-9)6(2,3)7-4/h7,9H,1-4H3/b8-5+. The number of hydrogen-bond donors (Lipinski definition) is 2. The molecule has 2 N–H and O–H groups in total. The molecule has 0 aliphatic rings. The molecule has 0 aromatic carbocycles. The van der Waals surface area contributed by atoms with Crippen LogP contribution < -0.4 is 5.32 Å². The molecule has 0 aromatic heterocycles. The van der Waals surface area contributed by atoms with Crippen molar-refractivity contribution in [2.45, 2.75) is 26.3 Å². The van der Waals surface area contributed by atoms with Gasteiger partial charge < -0.3 is 10.5 Å². The summed E-state index contributed by atoms with van der Waals surface area (Å²) in [5, 5.41) is 14.4. The lowest BCUT2D eigenvalue weighted by Crippen LogP contribution is -2.43. The molecule has 0 fully saturated rings. The number of nitrogens with one attached hydrogen (secondary N) is 1. The zero-order chi connectivity index (χ0) is 7.49. The maximum absolute atomic E-state index is 8.35. The Morgan fingerprint density at radius 1 is 1.56 bits per heavy atom. The molecule has 0 saturated heterocycles. The molecule has 0 aromatic rings. The first-order valence-corrected chi connectivity index (χ1v) is 2.92. The predicted molar refractivity (Wildman–Crippen MR) is 38.0 cm³/mol. The van der Waals surface area contributed by atoms with Crippen molar-refractivity contribution in [3.8, 4) is 0 Å². The molecule has 3 nitrogen and oxygen atoms in total. The fourth-order valence-corrected chi connectivity index (χ4v) is 0.306. The molecule has 0 heterocycles. The third kappa shape index (κ3) is 2.01. The molecule has 0 radical (unpaired) electrons. The highest BCUT2D eigenvalue weighted by Gasteiger charge is 2.18. The second-order valence-electron chi connectivity index (χ2n) is 2.56. The quantitative estimate of drug-likeness (QED) is 0.330. The first kappa shape index (κ1) is 8.43. The van der Waals surface area contributed by atoms with Gasteiger partial charge in [-0.15, -0.1) is 0 Å². The first-order chi connectivity index (χ1) is 4.04. The van der Waals surface area contributed by atoms with Crippen molar-refractivity contribution in [3.05, 3.63) is 0 Å². The molecule has 0 saturated carbocycles. The maximum Gasteiger partial charge on any atom is 0.0734 e. The topological polar surface area (TPSA) is 44.6 Å². The third-order valence-corrected chi connectivity index (χ3v) is 1.68. The largest absolute Gasteiger partial charge is 0.411 e. The van der Waals surface area contributed by atoms with E-state index < -0.39 is 0 Å². The van der Waals surface area contributed by atoms with Crippen LogP contribution >= 0.6 is 0 Å². The van der Waals surface area contributed by atoms with E-state index in [9.17, 15) is 0 Å². The van der Waals surface area contributed by atoms with Crippen LogP contribution in [0, 0.1) is 0 Å². The van der Waals surface area contributed by atoms with Crippen LogP contribution in [-0.4, -0.2) is 23.5 Å². The summed E-state index contributed by atoms with van der Waals surface area (Å²) in [5.74, 6) is 0. The highest BCUT2D eigenvalue weighted by atomic mass is 16.4. The van der Waals surface area contributed by atoms with E-state index in [4.69, 9.17) is 5.21 Å². The van der Waals surface area contributed by atoms with Crippen LogP contribution in [0.4, 0.5) is 0 Å². The van der Waals surface area contributed by atoms with Gasteiger partial charge in [0.2, 0.25) is 0 Å². The van der Waals surface area contributed by atoms with Crippen molar-refractivity contribution >= 4 is 5.71 Å². The zero-order valence-corrected chi connectivity index (χ0v) is 6.39. The number of rotatable bonds is 2. The molecule has 9 heavy (non-hydrogen) atoms. The minimum atomic E-state index is -0.200. The second kappa shape index (κ2) is 2.82. The average molecular weight is 130 g/mol. The molecule has 54 valence electrons. The minimum Gasteiger partial charge on any atom is -0.411 e. The highest BCUT2D eigenvalue weighted by molar-refractivity contribution is 5.90. The van der Waals surface area contributed by atoms with Crippen molar-refractivity contribution in [2.24, 2.45) is 5.16 Å². The number of nitrogens with zero attached hydrogens (tertiary/aromatic N) is 1. The van der Waals surface area contributed by atoms with E-state index in [1.54, 1.807) is 6.92 Å². The Bertz CT molecular complexity index is 118. The van der Waals surface area contributed by atoms with Gasteiger partial charge in [0.05, 0.1) is 11.3 Å². The summed E-state index contributed by atoms with van der Waals surface area (Å²) < 4.78 is 0. The second-order valence-corrected chi connectivity index (χ2v) is 2.56. The van der Waals surface area contributed by atoms with E-state index in [0.29, 0.717) is 5.71 Å². The van der Waals surface area contributed by atoms with Crippen LogP contribution in [0.3, 0.4) is 0 Å². The van der Waals surface area contributed by atoms with Gasteiger partial charge in [-0.3, -0.25) is 0 Å². The van der Waals surface area contributed by atoms with Gasteiger partial charge in [0.1, 0.15) is 0 Å². The molecule has 0 aliphatic heterocycles. The summed E-state index contributed by atoms with van der Waals surface area (Å²) >= 11 is 0. The van der Waals surface area contributed by atoms with Crippen LogP contribution in [0.5, 0.6) is 0 Å². The van der Waals surface area contributed by atoms with Crippen molar-refractivity contribution in [2.75, 3.05) is 7.05 Å². The smallest absolute Gasteiger partial charge is 0.0734 e. The molecular weight excluding hydrogens is 116 g/mol. The van der Waals surface area contributed by atoms with Crippen molar-refractivity contribution in [3.63, 3.8) is 0 Å². The molecular formula is C6H14N2O. The summed E-state index contributed by atoms with van der Waals surface area (Å²) in [6.45, 7) is 5.67. The van der Waals surface area contributed by atoms with Crippen molar-refractivity contribution in [1.82, 2.24) is 5.32 Å². The van der Waals surface area contributed by atoms with Gasteiger partial charge in [0, 0.05) is 0 Å². The summed E-state index contributed by atoms with van der Waals surface area (Å²) in [5.41, 5.74) is 0.486. The Morgan fingerprint density at radius 2 is 2.00 bits per heavy atom. The van der Waals surface area contributed by atoms with Crippen LogP contribution in [0.1, 0.15) is 20.8 Å². The van der Waals surface area contributed by atoms with Crippen LogP contribution in [0.15, 0.2) is 5.16 Å². The van der Waals surface area contributed by atoms with E-state index >= 15 is 0 Å². The van der Waals surface area contributed by atoms with Crippen LogP contribution in [0.25, 0.3) is 0 Å². The molecule has 0 unspecified atom stereocenters. The molecule has 0 aliphatic carbocycles. The molecule has 0 spiro atoms. The van der Waals surface area contributed by atoms with Gasteiger partial charge in [0.25, 0.3) is 0 Å². The van der Waals surface area contributed by atoms with E-state index in [-0.39, 0.29) is 5.54 Å². The Hall–Kier alpha value is -0.570. The molecule has 3 heteroatoms. The van der Waals surface area contributed by atoms with Crippen molar-refractivity contribution < 1.29 is 5.21 Å². The fourth-order valence-electron chi connectivity index (χ4n) is 0.306. The molecule has 0 rings (SSSR count). The van der Waals surface area contributed by atoms with Crippen LogP contribution in [-0.2, 0) is 0 Å². The maximum atomic E-state index is 8.35. The first-order valence-electron chi connectivity index (χ1n) is 2.92. The van der Waals surface area contributed by atoms with Gasteiger partial charge in [-0.25, -0.2) is 0 Å². The highest BCUT2D eigenvalue weighted by Crippen LogP contribution is 2.02. The molecule has 0 bridgehead atoms. The predicted octanol–water partition coefficient (Wildman–Crippen LogP) is 0.834. The van der Waals surface area contributed by atoms with Crippen molar-refractivity contribution in [1.29, 1.82) is 0 Å². The summed E-state index contributed by atoms with van der Waals surface area (Å²) in [4.78, 5) is 0. The lowest BCUT2D eigenvalue weighted by Gasteiger charge is -2.21. The third-order valence-electron chi connectivity index (χ3n) is 1.68. The van der Waals surface area contributed by atoms with E-state index in [0.717, 1.165) is 0 Å². The zero-order valence-electron chi connectivity index (χ0n) is 6.39. The van der Waals surface area contributed by atoms with Gasteiger partial charge in [0.15, 0.2) is 0 Å². The molecule has 0 amide bonds. The Balaban J connectivity index is 4.14. The van der Waals surface area contributed by atoms with Gasteiger partial charge in [-0.05, 0) is 27.8 Å². The Morgan fingerprint density at radius 3 is 2.11 bits per heavy atom. The van der Waals surface area contributed by atoms with Gasteiger partial charge in [-0.2, -0.15) is 0 Å². The van der Waals surface area contributed by atoms with E-state index in [1.807, 2.05) is 20.9 Å². The minimum absolute atomic E-state index is 0.200. The normalized spacial score (nSPS) is 14.0. The van der Waals surface area contributed by atoms with Crippen LogP contribution in [0.2, 0.25) is 0 Å². The van der Waals surface area contributed by atoms with E-state index in [1.165, 1.54) is 0 Å². The number of oxime groups is 1. The molecule has 0 atom stereocenters. The number of hydrogen-bond acceptors (Lipinski definition) is 3. The Labute approximate surface area is 55.8 Å². The van der Waals surface area contributed by atoms with Gasteiger partial charge >= 0.3 is 0 Å². The van der Waals surface area contributed by atoms with E-state index in [2.05, 4.69) is 10.5 Å². The Kier molecular flexibility index (Phi) is 2.65. The lowest BCUT2D eigenvalue weighted by atomic mass is 10.0. The monoisotopic (exact) mass is 130 g/mol.